The van der Waals surface area contributed by atoms with Crippen LogP contribution in [-0.2, 0) is 0 Å². The van der Waals surface area contributed by atoms with Crippen molar-refractivity contribution >= 4 is 0 Å². The molecule has 0 unspecified atom stereocenters. The smallest absolute Gasteiger partial charge is 0.0541 e. The molecule has 0 amide bonds. The van der Waals surface area contributed by atoms with Gasteiger partial charge in [0.1, 0.15) is 0 Å². The molecular formula is C7H16N2O. The third-order valence-electron chi connectivity index (χ3n) is 2.26. The summed E-state index contributed by atoms with van der Waals surface area (Å²) >= 11 is 0. The molecule has 3 nitrogen and oxygen atoms in total. The molecule has 0 aromatic rings. The fraction of sp³-hybridized carbons (Fsp3) is 1.00. The van der Waals surface area contributed by atoms with E-state index in [1.807, 2.05) is 11.9 Å². The summed E-state index contributed by atoms with van der Waals surface area (Å²) in [5, 5.41) is 11.0. The minimum absolute atomic E-state index is 0.159. The number of piperidine rings is 1. The molecule has 3 heteroatoms. The van der Waals surface area contributed by atoms with E-state index in [4.69, 9.17) is 5.84 Å². The second-order valence-corrected chi connectivity index (χ2v) is 3.11. The first-order valence-electron chi connectivity index (χ1n) is 3.88. The summed E-state index contributed by atoms with van der Waals surface area (Å²) in [6, 6.07) is 0. The van der Waals surface area contributed by atoms with Crippen LogP contribution in [0.3, 0.4) is 0 Å². The molecule has 0 spiro atoms. The molecule has 10 heavy (non-hydrogen) atoms. The van der Waals surface area contributed by atoms with Crippen molar-refractivity contribution in [3.8, 4) is 0 Å². The zero-order valence-corrected chi connectivity index (χ0v) is 6.45. The monoisotopic (exact) mass is 144 g/mol. The number of hydrogen-bond acceptors (Lipinski definition) is 3. The van der Waals surface area contributed by atoms with Crippen LogP contribution in [0, 0.1) is 5.92 Å². The Kier molecular flexibility index (Phi) is 2.65. The van der Waals surface area contributed by atoms with Crippen LogP contribution >= 0.6 is 0 Å². The number of nitrogens with zero attached hydrogens (tertiary/aromatic N) is 1. The van der Waals surface area contributed by atoms with Crippen molar-refractivity contribution in [2.24, 2.45) is 11.8 Å². The van der Waals surface area contributed by atoms with Gasteiger partial charge in [-0.3, -0.25) is 5.84 Å². The zero-order valence-electron chi connectivity index (χ0n) is 6.45. The number of rotatable bonds is 1. The predicted octanol–water partition coefficient (Wildman–Crippen LogP) is -0.0471. The molecule has 3 N–H and O–H groups in total. The molecule has 0 aromatic heterocycles. The average Bonchev–Trinajstić information content (AvgIpc) is 1.88. The lowest BCUT2D eigenvalue weighted by atomic mass is 9.93. The molecule has 1 aliphatic rings. The highest BCUT2D eigenvalue weighted by atomic mass is 16.3. The second kappa shape index (κ2) is 3.32. The SMILES string of the molecule is C[C@@H](O)C1CCN(N)CC1. The molecule has 1 rings (SSSR count). The van der Waals surface area contributed by atoms with Crippen LogP contribution in [0.25, 0.3) is 0 Å². The third kappa shape index (κ3) is 1.94. The van der Waals surface area contributed by atoms with E-state index in [1.165, 1.54) is 0 Å². The van der Waals surface area contributed by atoms with Gasteiger partial charge < -0.3 is 5.11 Å². The zero-order chi connectivity index (χ0) is 7.56. The van der Waals surface area contributed by atoms with Crippen molar-refractivity contribution in [1.82, 2.24) is 5.01 Å². The highest BCUT2D eigenvalue weighted by molar-refractivity contribution is 4.72. The molecule has 1 saturated heterocycles. The first-order valence-corrected chi connectivity index (χ1v) is 3.88. The second-order valence-electron chi connectivity index (χ2n) is 3.11. The van der Waals surface area contributed by atoms with Gasteiger partial charge in [-0.1, -0.05) is 0 Å². The number of aliphatic hydroxyl groups excluding tert-OH is 1. The molecular weight excluding hydrogens is 128 g/mol. The number of hydrogen-bond donors (Lipinski definition) is 2. The van der Waals surface area contributed by atoms with E-state index in [1.54, 1.807) is 0 Å². The Morgan fingerprint density at radius 3 is 2.40 bits per heavy atom. The van der Waals surface area contributed by atoms with Crippen LogP contribution in [0.5, 0.6) is 0 Å². The van der Waals surface area contributed by atoms with E-state index < -0.39 is 0 Å². The maximum Gasteiger partial charge on any atom is 0.0541 e. The van der Waals surface area contributed by atoms with E-state index >= 15 is 0 Å². The summed E-state index contributed by atoms with van der Waals surface area (Å²) in [4.78, 5) is 0. The summed E-state index contributed by atoms with van der Waals surface area (Å²) in [6.07, 6.45) is 1.91. The van der Waals surface area contributed by atoms with Gasteiger partial charge in [0.05, 0.1) is 6.10 Å². The lowest BCUT2D eigenvalue weighted by Gasteiger charge is -2.29. The maximum absolute atomic E-state index is 9.20. The van der Waals surface area contributed by atoms with E-state index in [0.717, 1.165) is 25.9 Å². The Bertz CT molecular complexity index is 97.8. The van der Waals surface area contributed by atoms with Gasteiger partial charge in [0.25, 0.3) is 0 Å². The minimum Gasteiger partial charge on any atom is -0.393 e. The largest absolute Gasteiger partial charge is 0.393 e. The van der Waals surface area contributed by atoms with Crippen LogP contribution < -0.4 is 5.84 Å². The summed E-state index contributed by atoms with van der Waals surface area (Å²) < 4.78 is 0. The van der Waals surface area contributed by atoms with Crippen molar-refractivity contribution < 1.29 is 5.11 Å². The van der Waals surface area contributed by atoms with Gasteiger partial charge >= 0.3 is 0 Å². The maximum atomic E-state index is 9.20. The van der Waals surface area contributed by atoms with Gasteiger partial charge in [-0.2, -0.15) is 0 Å². The molecule has 1 atom stereocenters. The van der Waals surface area contributed by atoms with Crippen molar-refractivity contribution in [3.05, 3.63) is 0 Å². The highest BCUT2D eigenvalue weighted by Gasteiger charge is 2.20. The minimum atomic E-state index is -0.159. The Balaban J connectivity index is 2.26. The summed E-state index contributed by atoms with van der Waals surface area (Å²) in [5.74, 6) is 6.02. The van der Waals surface area contributed by atoms with Gasteiger partial charge in [-0.15, -0.1) is 0 Å². The topological polar surface area (TPSA) is 49.5 Å². The van der Waals surface area contributed by atoms with Gasteiger partial charge in [-0.25, -0.2) is 5.01 Å². The van der Waals surface area contributed by atoms with Crippen LogP contribution in [0.2, 0.25) is 0 Å². The van der Waals surface area contributed by atoms with Crippen LogP contribution in [0.1, 0.15) is 19.8 Å². The van der Waals surface area contributed by atoms with Crippen LogP contribution in [0.4, 0.5) is 0 Å². The normalized spacial score (nSPS) is 26.7. The van der Waals surface area contributed by atoms with Crippen molar-refractivity contribution in [2.75, 3.05) is 13.1 Å². The molecule has 0 aliphatic carbocycles. The van der Waals surface area contributed by atoms with E-state index in [9.17, 15) is 5.11 Å². The number of aliphatic hydroxyl groups is 1. The van der Waals surface area contributed by atoms with Gasteiger partial charge in [0, 0.05) is 13.1 Å². The lowest BCUT2D eigenvalue weighted by Crippen LogP contribution is -2.41. The molecule has 0 saturated carbocycles. The molecule has 0 radical (unpaired) electrons. The summed E-state index contributed by atoms with van der Waals surface area (Å²) in [7, 11) is 0. The van der Waals surface area contributed by atoms with Crippen molar-refractivity contribution in [2.45, 2.75) is 25.9 Å². The Hall–Kier alpha value is -0.120. The van der Waals surface area contributed by atoms with Crippen molar-refractivity contribution in [3.63, 3.8) is 0 Å². The fourth-order valence-corrected chi connectivity index (χ4v) is 1.40. The van der Waals surface area contributed by atoms with Crippen LogP contribution in [-0.4, -0.2) is 29.3 Å². The van der Waals surface area contributed by atoms with Gasteiger partial charge in [0.2, 0.25) is 0 Å². The Morgan fingerprint density at radius 1 is 1.50 bits per heavy atom. The standard InChI is InChI=1S/C7H16N2O/c1-6(10)7-2-4-9(8)5-3-7/h6-7,10H,2-5,8H2,1H3/t6-/m1/s1. The van der Waals surface area contributed by atoms with E-state index in [0.29, 0.717) is 5.92 Å². The lowest BCUT2D eigenvalue weighted by molar-refractivity contribution is 0.0721. The molecule has 1 fully saturated rings. The van der Waals surface area contributed by atoms with E-state index in [-0.39, 0.29) is 6.10 Å². The van der Waals surface area contributed by atoms with E-state index in [2.05, 4.69) is 0 Å². The molecule has 1 heterocycles. The Morgan fingerprint density at radius 2 is 2.00 bits per heavy atom. The van der Waals surface area contributed by atoms with Gasteiger partial charge in [-0.05, 0) is 25.7 Å². The number of nitrogens with two attached hydrogens (primary N) is 1. The first kappa shape index (κ1) is 7.98. The van der Waals surface area contributed by atoms with Crippen molar-refractivity contribution in [1.29, 1.82) is 0 Å². The summed E-state index contributed by atoms with van der Waals surface area (Å²) in [5.41, 5.74) is 0. The quantitative estimate of drug-likeness (QED) is 0.507. The fourth-order valence-electron chi connectivity index (χ4n) is 1.40. The Labute approximate surface area is 61.8 Å². The molecule has 60 valence electrons. The van der Waals surface area contributed by atoms with Gasteiger partial charge in [0.15, 0.2) is 0 Å². The summed E-state index contributed by atoms with van der Waals surface area (Å²) in [6.45, 7) is 3.71. The third-order valence-corrected chi connectivity index (χ3v) is 2.26. The highest BCUT2D eigenvalue weighted by Crippen LogP contribution is 2.18. The molecule has 1 aliphatic heterocycles. The number of hydrazine groups is 1. The molecule has 0 bridgehead atoms. The predicted molar refractivity (Wildman–Crippen MR) is 40.2 cm³/mol. The molecule has 0 aromatic carbocycles. The van der Waals surface area contributed by atoms with Crippen LogP contribution in [0.15, 0.2) is 0 Å². The first-order chi connectivity index (χ1) is 4.70. The average molecular weight is 144 g/mol.